The van der Waals surface area contributed by atoms with Gasteiger partial charge >= 0.3 is 23.9 Å². The number of amides is 2. The van der Waals surface area contributed by atoms with Gasteiger partial charge in [0.1, 0.15) is 37.1 Å². The number of likely N-dealkylation sites (N-methyl/N-ethyl adjacent to an activating group) is 1. The number of nitrogens with one attached hydrogen (secondary N) is 2. The van der Waals surface area contributed by atoms with Crippen LogP contribution in [-0.4, -0.2) is 158 Å². The average Bonchev–Trinajstić information content (AvgIpc) is 0.669. The van der Waals surface area contributed by atoms with Crippen LogP contribution < -0.4 is 15.5 Å². The average molecular weight is 1460 g/mol. The second-order valence-corrected chi connectivity index (χ2v) is 31.8. The first-order valence-corrected chi connectivity index (χ1v) is 38.9. The first kappa shape index (κ1) is 82.7. The Hall–Kier alpha value is -6.98. The zero-order chi connectivity index (χ0) is 75.3. The summed E-state index contributed by atoms with van der Waals surface area (Å²) in [5.41, 5.74) is -5.16. The van der Waals surface area contributed by atoms with E-state index in [-0.39, 0.29) is 73.9 Å². The second-order valence-electron chi connectivity index (χ2n) is 30.4. The number of aliphatic hydroxyl groups excluding tert-OH is 1. The molecule has 1 unspecified atom stereocenters. The highest BCUT2D eigenvalue weighted by Gasteiger charge is 2.78. The number of quaternary nitrogens is 1. The zero-order valence-corrected chi connectivity index (χ0v) is 63.3. The summed E-state index contributed by atoms with van der Waals surface area (Å²) in [5, 5.41) is 32.5. The Morgan fingerprint density at radius 2 is 1.21 bits per heavy atom. The molecular formula is C81H112N3O19P. The first-order valence-electron chi connectivity index (χ1n) is 37.4. The third kappa shape index (κ3) is 21.6. The maximum atomic E-state index is 15.9. The number of carbonyl (C=O) groups excluding carboxylic acids is 7. The van der Waals surface area contributed by atoms with Crippen molar-refractivity contribution >= 4 is 55.0 Å². The normalized spacial score (nSPS) is 24.5. The van der Waals surface area contributed by atoms with Crippen LogP contribution in [0.25, 0.3) is 0 Å². The second kappa shape index (κ2) is 38.0. The van der Waals surface area contributed by atoms with Gasteiger partial charge < -0.3 is 67.7 Å². The lowest BCUT2D eigenvalue weighted by atomic mass is 9.44. The van der Waals surface area contributed by atoms with Gasteiger partial charge in [0.15, 0.2) is 23.6 Å². The van der Waals surface area contributed by atoms with Gasteiger partial charge in [-0.1, -0.05) is 183 Å². The van der Waals surface area contributed by atoms with Crippen LogP contribution in [0.15, 0.2) is 126 Å². The van der Waals surface area contributed by atoms with Crippen LogP contribution in [0.5, 0.6) is 0 Å². The monoisotopic (exact) mass is 1460 g/mol. The number of hydrogen-bond donors (Lipinski definition) is 4. The molecule has 4 aromatic rings. The predicted molar refractivity (Wildman–Crippen MR) is 390 cm³/mol. The number of unbranched alkanes of at least 4 members (excludes halogenated alkanes) is 16. The Morgan fingerprint density at radius 1 is 0.673 bits per heavy atom. The Labute approximate surface area is 614 Å². The Bertz CT molecular complexity index is 3570. The van der Waals surface area contributed by atoms with Gasteiger partial charge in [0.2, 0.25) is 5.91 Å². The molecule has 4 aliphatic rings. The van der Waals surface area contributed by atoms with E-state index in [1.165, 1.54) is 95.8 Å². The van der Waals surface area contributed by atoms with Crippen LogP contribution in [0, 0.1) is 16.7 Å². The molecule has 0 spiro atoms. The highest BCUT2D eigenvalue weighted by Crippen LogP contribution is 2.64. The highest BCUT2D eigenvalue weighted by atomic mass is 31.2. The van der Waals surface area contributed by atoms with Crippen LogP contribution in [0.2, 0.25) is 0 Å². The number of ether oxygens (including phenoxy) is 6. The summed E-state index contributed by atoms with van der Waals surface area (Å²) in [6.07, 6.45) is 10.0. The molecule has 12 atom stereocenters. The molecule has 4 N–H and O–H groups in total. The van der Waals surface area contributed by atoms with Crippen molar-refractivity contribution in [2.45, 2.75) is 237 Å². The van der Waals surface area contributed by atoms with E-state index in [2.05, 4.69) is 10.6 Å². The van der Waals surface area contributed by atoms with Crippen molar-refractivity contribution in [1.29, 1.82) is 0 Å². The molecule has 1 heterocycles. The summed E-state index contributed by atoms with van der Waals surface area (Å²) >= 11 is 0. The van der Waals surface area contributed by atoms with Crippen LogP contribution in [-0.2, 0) is 72.4 Å². The molecule has 1 saturated heterocycles. The third-order valence-corrected chi connectivity index (χ3v) is 22.4. The van der Waals surface area contributed by atoms with Gasteiger partial charge in [-0.3, -0.25) is 28.5 Å². The number of rotatable bonds is 41. The van der Waals surface area contributed by atoms with Crippen molar-refractivity contribution in [2.75, 3.05) is 59.4 Å². The van der Waals surface area contributed by atoms with Crippen molar-refractivity contribution < 1.29 is 95.2 Å². The minimum absolute atomic E-state index is 0.00892. The number of carbonyl (C=O) groups is 7. The first-order chi connectivity index (χ1) is 49.5. The maximum absolute atomic E-state index is 15.9. The summed E-state index contributed by atoms with van der Waals surface area (Å²) in [4.78, 5) is 113. The molecule has 0 aromatic heterocycles. The summed E-state index contributed by atoms with van der Waals surface area (Å²) in [5.74, 6) is -6.84. The van der Waals surface area contributed by atoms with Crippen LogP contribution in [0.4, 0.5) is 5.69 Å². The summed E-state index contributed by atoms with van der Waals surface area (Å²) < 4.78 is 60.5. The molecule has 2 bridgehead atoms. The predicted octanol–water partition coefficient (Wildman–Crippen LogP) is 12.6. The summed E-state index contributed by atoms with van der Waals surface area (Å²) in [6.45, 7) is 8.91. The van der Waals surface area contributed by atoms with E-state index < -0.39 is 120 Å². The number of nitrogens with zero attached hydrogens (tertiary/aromatic N) is 1. The number of aliphatic hydroxyl groups is 2. The van der Waals surface area contributed by atoms with Crippen molar-refractivity contribution in [3.8, 4) is 0 Å². The molecule has 104 heavy (non-hydrogen) atoms. The minimum Gasteiger partial charge on any atom is -0.756 e. The van der Waals surface area contributed by atoms with Gasteiger partial charge in [0.25, 0.3) is 13.7 Å². The van der Waals surface area contributed by atoms with E-state index in [0.717, 1.165) is 45.4 Å². The molecule has 0 radical (unpaired) electrons. The van der Waals surface area contributed by atoms with E-state index in [1.807, 2.05) is 45.4 Å². The SMILES string of the molecule is CC(=O)O[C@H]1C(=O)[C@@]2(C)[C@H]([C@H](OC(=O)c3ccccc3)[C@]3(O)C[C@H](OC(=O)[C@H](OCCCCC(=O)Nc4ccc(CCCCCCCCCCCCCCCCCCOP(=O)([O-])OCC[N+](C)(C)C)cc4)[C@@H](NC(=O)c4ccccc4)c4ccccc4)C(C)=C1C3(C)C)[C@]1(OC(C)=O)CO[C@@H]1C[C@@H]2O. The third-order valence-electron chi connectivity index (χ3n) is 21.4. The Balaban J connectivity index is 0.867. The fourth-order valence-corrected chi connectivity index (χ4v) is 16.2. The molecule has 3 fully saturated rings. The summed E-state index contributed by atoms with van der Waals surface area (Å²) in [6, 6.07) is 31.7. The largest absolute Gasteiger partial charge is 0.756 e. The van der Waals surface area contributed by atoms with Gasteiger partial charge in [0, 0.05) is 56.4 Å². The molecule has 23 heteroatoms. The van der Waals surface area contributed by atoms with Gasteiger partial charge in [-0.15, -0.1) is 0 Å². The van der Waals surface area contributed by atoms with E-state index in [4.69, 9.17) is 37.5 Å². The molecule has 2 amide bonds. The quantitative estimate of drug-likeness (QED) is 0.00801. The van der Waals surface area contributed by atoms with Crippen LogP contribution in [0.3, 0.4) is 0 Å². The number of esters is 4. The minimum atomic E-state index is -4.23. The lowest BCUT2D eigenvalue weighted by Gasteiger charge is -2.67. The van der Waals surface area contributed by atoms with Crippen LogP contribution >= 0.6 is 7.82 Å². The van der Waals surface area contributed by atoms with Crippen molar-refractivity contribution in [3.05, 3.63) is 149 Å². The highest BCUT2D eigenvalue weighted by molar-refractivity contribution is 7.45. The van der Waals surface area contributed by atoms with E-state index >= 15 is 9.59 Å². The number of phosphoric acid groups is 1. The van der Waals surface area contributed by atoms with Crippen molar-refractivity contribution in [1.82, 2.24) is 5.32 Å². The number of benzene rings is 4. The molecule has 2 saturated carbocycles. The van der Waals surface area contributed by atoms with Gasteiger partial charge in [-0.2, -0.15) is 0 Å². The standard InChI is InChI=1S/C81H112N3O19P/c1-56-64(54-81(93)74(102-76(91)62-42-32-26-33-43-62)72-79(6,65(87)53-66-80(72,55-97-66)103-58(3)86)73(89)70(100-57(2)85)68(56)78(81,4)5)101-77(92)71(69(60-38-28-24-29-39-60)83-75(90)61-40-30-25-31-41-61)96-50-36-34-44-67(88)82-63-47-45-59(46-48-63)37-27-22-20-18-16-14-12-10-11-13-15-17-19-21-23-35-51-98-104(94,95)99-52-49-84(7,8)9/h24-26,28-33,38-43,45-48,64-66,69-72,74,87,93H,10-23,27,34-37,44,49-55H2,1-9H3,(H2-,82,83,88,90,94,95)/t64-,65-,66+,69-,70+,71+,72-,74-,79+,80-,81+/m0/s1. The van der Waals surface area contributed by atoms with Gasteiger partial charge in [0.05, 0.1) is 63.4 Å². The summed E-state index contributed by atoms with van der Waals surface area (Å²) in [7, 11) is 1.70. The molecule has 4 aromatic carbocycles. The number of phosphoric ester groups is 1. The Morgan fingerprint density at radius 3 is 1.76 bits per heavy atom. The molecule has 570 valence electrons. The fraction of sp³-hybridized carbons (Fsp3) is 0.593. The number of hydrogen-bond acceptors (Lipinski definition) is 19. The van der Waals surface area contributed by atoms with Crippen molar-refractivity contribution in [2.24, 2.45) is 16.7 Å². The zero-order valence-electron chi connectivity index (χ0n) is 62.4. The molecule has 22 nitrogen and oxygen atoms in total. The molecule has 8 rings (SSSR count). The molecule has 3 aliphatic carbocycles. The fourth-order valence-electron chi connectivity index (χ4n) is 15.5. The smallest absolute Gasteiger partial charge is 0.338 e. The number of fused-ring (bicyclic) bond motifs is 5. The van der Waals surface area contributed by atoms with Gasteiger partial charge in [-0.05, 0) is 105 Å². The van der Waals surface area contributed by atoms with E-state index in [0.29, 0.717) is 35.1 Å². The topological polar surface area (TPSA) is 298 Å². The lowest BCUT2D eigenvalue weighted by Crippen LogP contribution is -2.82. The van der Waals surface area contributed by atoms with Gasteiger partial charge in [-0.25, -0.2) is 9.59 Å². The van der Waals surface area contributed by atoms with E-state index in [9.17, 15) is 43.6 Å². The lowest BCUT2D eigenvalue weighted by molar-refractivity contribution is -0.870. The maximum Gasteiger partial charge on any atom is 0.338 e. The number of Topliss-reactive ketones (excluding diaryl/α,β-unsaturated/α-hetero) is 1. The van der Waals surface area contributed by atoms with Crippen molar-refractivity contribution in [3.63, 3.8) is 0 Å². The molecular weight excluding hydrogens is 1350 g/mol. The number of anilines is 1. The molecule has 1 aliphatic heterocycles. The number of ketones is 1. The Kier molecular flexibility index (Phi) is 30.2. The van der Waals surface area contributed by atoms with Crippen LogP contribution in [0.1, 0.15) is 214 Å². The number of aryl methyl sites for hydroxylation is 1. The van der Waals surface area contributed by atoms with E-state index in [1.54, 1.807) is 99.6 Å².